The van der Waals surface area contributed by atoms with Gasteiger partial charge in [0.1, 0.15) is 0 Å². The van der Waals surface area contributed by atoms with Gasteiger partial charge in [0, 0.05) is 28.5 Å². The van der Waals surface area contributed by atoms with Crippen LogP contribution in [0.2, 0.25) is 0 Å². The number of hydrogen-bond acceptors (Lipinski definition) is 4. The predicted molar refractivity (Wildman–Crippen MR) is 77.4 cm³/mol. The van der Waals surface area contributed by atoms with Crippen LogP contribution in [-0.4, -0.2) is 29.9 Å². The van der Waals surface area contributed by atoms with Crippen LogP contribution in [0, 0.1) is 5.92 Å². The minimum absolute atomic E-state index is 0.115. The van der Waals surface area contributed by atoms with E-state index in [1.807, 2.05) is 11.0 Å². The molecule has 0 spiro atoms. The van der Waals surface area contributed by atoms with E-state index in [0.29, 0.717) is 12.5 Å². The van der Waals surface area contributed by atoms with Gasteiger partial charge in [0.05, 0.1) is 4.88 Å². The summed E-state index contributed by atoms with van der Waals surface area (Å²) in [5, 5.41) is 2.06. The lowest BCUT2D eigenvalue weighted by Crippen LogP contribution is -2.49. The van der Waals surface area contributed by atoms with E-state index in [1.54, 1.807) is 22.7 Å². The highest BCUT2D eigenvalue weighted by Gasteiger charge is 2.27. The van der Waals surface area contributed by atoms with Gasteiger partial charge < -0.3 is 10.6 Å². The number of carbonyl (C=O) groups excluding carboxylic acids is 1. The number of fused-ring (bicyclic) bond motifs is 1. The zero-order chi connectivity index (χ0) is 12.7. The second-order valence-corrected chi connectivity index (χ2v) is 6.97. The molecule has 1 aliphatic rings. The summed E-state index contributed by atoms with van der Waals surface area (Å²) in [7, 11) is 0. The first-order valence-corrected chi connectivity index (χ1v) is 7.86. The third kappa shape index (κ3) is 2.06. The highest BCUT2D eigenvalue weighted by atomic mass is 32.1. The SMILES string of the molecule is CC1CCN(C(=O)c2cc3sccc3s2)CC1N. The average Bonchev–Trinajstić information content (AvgIpc) is 2.92. The number of thiophene rings is 2. The Morgan fingerprint density at radius 1 is 1.50 bits per heavy atom. The van der Waals surface area contributed by atoms with Crippen LogP contribution in [0.4, 0.5) is 0 Å². The zero-order valence-corrected chi connectivity index (χ0v) is 11.9. The first-order valence-electron chi connectivity index (χ1n) is 6.17. The maximum atomic E-state index is 12.4. The Balaban J connectivity index is 1.80. The van der Waals surface area contributed by atoms with E-state index in [-0.39, 0.29) is 11.9 Å². The minimum atomic E-state index is 0.115. The highest BCUT2D eigenvalue weighted by Crippen LogP contribution is 2.31. The standard InChI is InChI=1S/C13H16N2OS2/c1-8-2-4-15(7-9(8)14)13(16)12-6-11-10(18-12)3-5-17-11/h3,5-6,8-9H,2,4,7,14H2,1H3. The Labute approximate surface area is 114 Å². The molecule has 2 N–H and O–H groups in total. The summed E-state index contributed by atoms with van der Waals surface area (Å²) in [5.74, 6) is 0.659. The van der Waals surface area contributed by atoms with Crippen molar-refractivity contribution in [2.75, 3.05) is 13.1 Å². The van der Waals surface area contributed by atoms with E-state index in [1.165, 1.54) is 9.40 Å². The van der Waals surface area contributed by atoms with Gasteiger partial charge in [-0.3, -0.25) is 4.79 Å². The largest absolute Gasteiger partial charge is 0.336 e. The number of carbonyl (C=O) groups is 1. The second kappa shape index (κ2) is 4.64. The molecule has 0 saturated carbocycles. The molecule has 0 aliphatic carbocycles. The highest BCUT2D eigenvalue weighted by molar-refractivity contribution is 7.27. The summed E-state index contributed by atoms with van der Waals surface area (Å²) >= 11 is 3.27. The maximum Gasteiger partial charge on any atom is 0.264 e. The van der Waals surface area contributed by atoms with Gasteiger partial charge in [-0.25, -0.2) is 0 Å². The van der Waals surface area contributed by atoms with Crippen molar-refractivity contribution in [1.29, 1.82) is 0 Å². The van der Waals surface area contributed by atoms with E-state index < -0.39 is 0 Å². The van der Waals surface area contributed by atoms with Crippen LogP contribution in [0.15, 0.2) is 17.5 Å². The third-order valence-corrected chi connectivity index (χ3v) is 5.74. The lowest BCUT2D eigenvalue weighted by molar-refractivity contribution is 0.0677. The van der Waals surface area contributed by atoms with Crippen LogP contribution in [0.25, 0.3) is 9.40 Å². The molecule has 0 aromatic carbocycles. The molecule has 2 atom stereocenters. The molecule has 1 amide bonds. The lowest BCUT2D eigenvalue weighted by Gasteiger charge is -2.34. The molecule has 0 bridgehead atoms. The molecule has 18 heavy (non-hydrogen) atoms. The van der Waals surface area contributed by atoms with Crippen molar-refractivity contribution in [3.8, 4) is 0 Å². The van der Waals surface area contributed by atoms with Gasteiger partial charge >= 0.3 is 0 Å². The lowest BCUT2D eigenvalue weighted by atomic mass is 9.94. The number of piperidine rings is 1. The predicted octanol–water partition coefficient (Wildman–Crippen LogP) is 2.77. The number of hydrogen-bond donors (Lipinski definition) is 1. The fourth-order valence-corrected chi connectivity index (χ4v) is 4.39. The average molecular weight is 280 g/mol. The molecular formula is C13H16N2OS2. The molecule has 3 heterocycles. The number of rotatable bonds is 1. The van der Waals surface area contributed by atoms with Gasteiger partial charge in [0.2, 0.25) is 0 Å². The summed E-state index contributed by atoms with van der Waals surface area (Å²) in [4.78, 5) is 15.2. The van der Waals surface area contributed by atoms with E-state index >= 15 is 0 Å². The molecule has 5 heteroatoms. The fraction of sp³-hybridized carbons (Fsp3) is 0.462. The van der Waals surface area contributed by atoms with E-state index in [9.17, 15) is 4.79 Å². The van der Waals surface area contributed by atoms with Crippen LogP contribution >= 0.6 is 22.7 Å². The van der Waals surface area contributed by atoms with E-state index in [0.717, 1.165) is 17.8 Å². The monoisotopic (exact) mass is 280 g/mol. The molecule has 2 aromatic rings. The Morgan fingerprint density at radius 2 is 2.33 bits per heavy atom. The van der Waals surface area contributed by atoms with Crippen molar-refractivity contribution >= 4 is 38.0 Å². The van der Waals surface area contributed by atoms with Gasteiger partial charge in [-0.2, -0.15) is 0 Å². The summed E-state index contributed by atoms with van der Waals surface area (Å²) in [6.45, 7) is 3.68. The van der Waals surface area contributed by atoms with Crippen molar-refractivity contribution in [3.63, 3.8) is 0 Å². The Bertz CT molecular complexity index is 546. The normalized spacial score (nSPS) is 24.7. The molecule has 1 aliphatic heterocycles. The van der Waals surface area contributed by atoms with Gasteiger partial charge in [-0.05, 0) is 29.9 Å². The molecule has 2 unspecified atom stereocenters. The van der Waals surface area contributed by atoms with Gasteiger partial charge in [0.15, 0.2) is 0 Å². The quantitative estimate of drug-likeness (QED) is 0.873. The fourth-order valence-electron chi connectivity index (χ4n) is 2.31. The van der Waals surface area contributed by atoms with Crippen molar-refractivity contribution < 1.29 is 4.79 Å². The minimum Gasteiger partial charge on any atom is -0.336 e. The summed E-state index contributed by atoms with van der Waals surface area (Å²) < 4.78 is 2.41. The summed E-state index contributed by atoms with van der Waals surface area (Å²) in [5.41, 5.74) is 6.05. The Hall–Kier alpha value is -0.910. The second-order valence-electron chi connectivity index (χ2n) is 4.94. The number of nitrogens with zero attached hydrogens (tertiary/aromatic N) is 1. The zero-order valence-electron chi connectivity index (χ0n) is 10.3. The summed E-state index contributed by atoms with van der Waals surface area (Å²) in [6.07, 6.45) is 1.01. The van der Waals surface area contributed by atoms with Crippen LogP contribution in [0.3, 0.4) is 0 Å². The first-order chi connectivity index (χ1) is 8.65. The molecule has 3 rings (SSSR count). The Kier molecular flexibility index (Phi) is 3.13. The molecule has 1 fully saturated rings. The van der Waals surface area contributed by atoms with Crippen molar-refractivity contribution in [2.24, 2.45) is 11.7 Å². The van der Waals surface area contributed by atoms with Crippen molar-refractivity contribution in [2.45, 2.75) is 19.4 Å². The first kappa shape index (κ1) is 12.1. The van der Waals surface area contributed by atoms with Crippen LogP contribution in [0.5, 0.6) is 0 Å². The number of amides is 1. The van der Waals surface area contributed by atoms with Crippen molar-refractivity contribution in [3.05, 3.63) is 22.4 Å². The molecule has 2 aromatic heterocycles. The number of likely N-dealkylation sites (tertiary alicyclic amines) is 1. The van der Waals surface area contributed by atoms with Gasteiger partial charge in [-0.1, -0.05) is 6.92 Å². The summed E-state index contributed by atoms with van der Waals surface area (Å²) in [6, 6.07) is 4.20. The van der Waals surface area contributed by atoms with Crippen molar-refractivity contribution in [1.82, 2.24) is 4.90 Å². The Morgan fingerprint density at radius 3 is 3.06 bits per heavy atom. The third-order valence-electron chi connectivity index (χ3n) is 3.65. The van der Waals surface area contributed by atoms with Gasteiger partial charge in [0.25, 0.3) is 5.91 Å². The molecule has 1 saturated heterocycles. The molecule has 0 radical (unpaired) electrons. The molecule has 96 valence electrons. The molecular weight excluding hydrogens is 264 g/mol. The topological polar surface area (TPSA) is 46.3 Å². The van der Waals surface area contributed by atoms with Crippen LogP contribution in [0.1, 0.15) is 23.0 Å². The smallest absolute Gasteiger partial charge is 0.264 e. The van der Waals surface area contributed by atoms with E-state index in [2.05, 4.69) is 18.4 Å². The molecule has 3 nitrogen and oxygen atoms in total. The number of nitrogens with two attached hydrogens (primary N) is 1. The van der Waals surface area contributed by atoms with Gasteiger partial charge in [-0.15, -0.1) is 22.7 Å². The van der Waals surface area contributed by atoms with Crippen LogP contribution < -0.4 is 5.73 Å². The van der Waals surface area contributed by atoms with E-state index in [4.69, 9.17) is 5.73 Å². The van der Waals surface area contributed by atoms with Crippen LogP contribution in [-0.2, 0) is 0 Å². The maximum absolute atomic E-state index is 12.4.